The van der Waals surface area contributed by atoms with Gasteiger partial charge in [-0.15, -0.1) is 11.6 Å². The lowest BCUT2D eigenvalue weighted by molar-refractivity contribution is -0.138. The normalized spacial score (nSPS) is 10.8. The molecule has 11 nitrogen and oxygen atoms in total. The molecule has 34 heavy (non-hydrogen) atoms. The predicted octanol–water partition coefficient (Wildman–Crippen LogP) is 1.22. The van der Waals surface area contributed by atoms with Gasteiger partial charge in [0.05, 0.1) is 10.6 Å². The monoisotopic (exact) mass is 511 g/mol. The zero-order chi connectivity index (χ0) is 25.3. The largest absolute Gasteiger partial charge is 0.396 e. The number of aliphatic hydroxyl groups excluding tert-OH is 1. The van der Waals surface area contributed by atoms with Gasteiger partial charge < -0.3 is 15.7 Å². The highest BCUT2D eigenvalue weighted by Crippen LogP contribution is 2.28. The van der Waals surface area contributed by atoms with Crippen molar-refractivity contribution in [2.75, 3.05) is 34.5 Å². The summed E-state index contributed by atoms with van der Waals surface area (Å²) in [6.07, 6.45) is 0.329. The van der Waals surface area contributed by atoms with Gasteiger partial charge >= 0.3 is 11.8 Å². The number of hydrazine groups is 1. The van der Waals surface area contributed by atoms with Crippen LogP contribution in [0.4, 0.5) is 17.1 Å². The minimum absolute atomic E-state index is 0.00959. The fraction of sp³-hybridized carbons (Fsp3) is 0.286. The second kappa shape index (κ2) is 12.2. The Morgan fingerprint density at radius 1 is 0.971 bits per heavy atom. The molecule has 0 aromatic heterocycles. The molecule has 184 valence electrons. The number of carbonyl (C=O) groups is 3. The van der Waals surface area contributed by atoms with Crippen molar-refractivity contribution in [3.05, 3.63) is 47.5 Å². The van der Waals surface area contributed by atoms with Crippen LogP contribution in [-0.2, 0) is 24.4 Å². The number of halogens is 1. The molecule has 2 rings (SSSR count). The second-order valence-electron chi connectivity index (χ2n) is 7.16. The summed E-state index contributed by atoms with van der Waals surface area (Å²) in [6.45, 7) is 3.38. The topological polar surface area (TPSA) is 166 Å². The van der Waals surface area contributed by atoms with Crippen LogP contribution in [0.1, 0.15) is 17.5 Å². The summed E-state index contributed by atoms with van der Waals surface area (Å²) in [7, 11) is -3.98. The number of aryl methyl sites for hydroxylation is 1. The number of hydrogen-bond acceptors (Lipinski definition) is 7. The lowest BCUT2D eigenvalue weighted by Gasteiger charge is -2.16. The Balaban J connectivity index is 2.06. The zero-order valence-electron chi connectivity index (χ0n) is 18.6. The van der Waals surface area contributed by atoms with Gasteiger partial charge in [0.15, 0.2) is 0 Å². The van der Waals surface area contributed by atoms with Crippen LogP contribution in [0, 0.1) is 13.8 Å². The van der Waals surface area contributed by atoms with Crippen LogP contribution < -0.4 is 26.2 Å². The molecule has 0 aliphatic heterocycles. The van der Waals surface area contributed by atoms with Gasteiger partial charge in [0.2, 0.25) is 5.91 Å². The van der Waals surface area contributed by atoms with E-state index in [1.807, 2.05) is 0 Å². The highest BCUT2D eigenvalue weighted by molar-refractivity contribution is 7.92. The van der Waals surface area contributed by atoms with Crippen LogP contribution in [0.2, 0.25) is 0 Å². The second-order valence-corrected chi connectivity index (χ2v) is 9.08. The first-order chi connectivity index (χ1) is 16.1. The number of nitrogens with one attached hydrogen (secondary N) is 5. The third-order valence-corrected chi connectivity index (χ3v) is 6.35. The number of aliphatic hydroxyl groups is 1. The summed E-state index contributed by atoms with van der Waals surface area (Å²) in [5.74, 6) is -2.49. The van der Waals surface area contributed by atoms with E-state index in [9.17, 15) is 22.8 Å². The number of carbonyl (C=O) groups excluding carboxylic acids is 3. The average Bonchev–Trinajstić information content (AvgIpc) is 2.80. The third kappa shape index (κ3) is 7.33. The molecule has 2 aromatic rings. The maximum absolute atomic E-state index is 12.9. The zero-order valence-corrected chi connectivity index (χ0v) is 20.1. The first-order valence-corrected chi connectivity index (χ1v) is 12.1. The third-order valence-electron chi connectivity index (χ3n) is 4.58. The van der Waals surface area contributed by atoms with Crippen LogP contribution in [0.3, 0.4) is 0 Å². The Labute approximate surface area is 202 Å². The molecule has 0 atom stereocenters. The van der Waals surface area contributed by atoms with Gasteiger partial charge in [-0.05, 0) is 61.7 Å². The van der Waals surface area contributed by atoms with E-state index in [4.69, 9.17) is 16.7 Å². The molecule has 0 aliphatic carbocycles. The number of benzene rings is 2. The SMILES string of the molecule is Cc1ccc(S(=O)(=O)Nc2ccc(NNC(=O)C(=O)NCCCO)cc2)c(C)c1NC(=O)CCl. The molecule has 0 heterocycles. The molecule has 0 aliphatic rings. The van der Waals surface area contributed by atoms with E-state index in [2.05, 4.69) is 26.2 Å². The van der Waals surface area contributed by atoms with Crippen molar-refractivity contribution in [3.63, 3.8) is 0 Å². The maximum Gasteiger partial charge on any atom is 0.327 e. The molecule has 0 unspecified atom stereocenters. The Bertz CT molecular complexity index is 1150. The summed E-state index contributed by atoms with van der Waals surface area (Å²) in [6, 6.07) is 8.95. The lowest BCUT2D eigenvalue weighted by Crippen LogP contribution is -2.42. The van der Waals surface area contributed by atoms with Crippen molar-refractivity contribution in [2.24, 2.45) is 0 Å². The Kier molecular flexibility index (Phi) is 9.66. The summed E-state index contributed by atoms with van der Waals surface area (Å²) in [5, 5.41) is 13.6. The van der Waals surface area contributed by atoms with Crippen molar-refractivity contribution in [2.45, 2.75) is 25.2 Å². The highest BCUT2D eigenvalue weighted by Gasteiger charge is 2.21. The van der Waals surface area contributed by atoms with Gasteiger partial charge in [-0.25, -0.2) is 8.42 Å². The smallest absolute Gasteiger partial charge is 0.327 e. The molecule has 3 amide bonds. The van der Waals surface area contributed by atoms with Gasteiger partial charge in [0.1, 0.15) is 5.88 Å². The number of rotatable bonds is 10. The van der Waals surface area contributed by atoms with Crippen LogP contribution in [0.25, 0.3) is 0 Å². The van der Waals surface area contributed by atoms with E-state index in [-0.39, 0.29) is 29.6 Å². The predicted molar refractivity (Wildman–Crippen MR) is 129 cm³/mol. The van der Waals surface area contributed by atoms with E-state index >= 15 is 0 Å². The standard InChI is InChI=1S/C21H26ClN5O6S/c1-13-4-9-17(14(2)19(13)24-18(29)12-22)34(32,33)27-16-7-5-15(6-8-16)25-26-21(31)20(30)23-10-3-11-28/h4-9,25,27-28H,3,10-12H2,1-2H3,(H,23,30)(H,24,29)(H,26,31). The van der Waals surface area contributed by atoms with E-state index in [1.165, 1.54) is 30.3 Å². The fourth-order valence-electron chi connectivity index (χ4n) is 2.86. The van der Waals surface area contributed by atoms with Gasteiger partial charge in [-0.2, -0.15) is 0 Å². The van der Waals surface area contributed by atoms with E-state index in [0.717, 1.165) is 0 Å². The van der Waals surface area contributed by atoms with Crippen molar-refractivity contribution < 1.29 is 27.9 Å². The molecular formula is C21H26ClN5O6S. The Hall–Kier alpha value is -3.35. The Morgan fingerprint density at radius 2 is 1.62 bits per heavy atom. The quantitative estimate of drug-likeness (QED) is 0.121. The van der Waals surface area contributed by atoms with E-state index in [0.29, 0.717) is 28.9 Å². The molecule has 13 heteroatoms. The number of alkyl halides is 1. The van der Waals surface area contributed by atoms with Gasteiger partial charge in [-0.1, -0.05) is 6.07 Å². The van der Waals surface area contributed by atoms with Crippen LogP contribution >= 0.6 is 11.6 Å². The van der Waals surface area contributed by atoms with Crippen molar-refractivity contribution >= 4 is 56.4 Å². The summed E-state index contributed by atoms with van der Waals surface area (Å²) in [4.78, 5) is 35.0. The first kappa shape index (κ1) is 26.9. The molecular weight excluding hydrogens is 486 g/mol. The molecule has 6 N–H and O–H groups in total. The lowest BCUT2D eigenvalue weighted by atomic mass is 10.1. The molecule has 0 spiro atoms. The maximum atomic E-state index is 12.9. The number of anilines is 3. The highest BCUT2D eigenvalue weighted by atomic mass is 35.5. The molecule has 0 fully saturated rings. The molecule has 0 radical (unpaired) electrons. The van der Waals surface area contributed by atoms with E-state index in [1.54, 1.807) is 19.9 Å². The van der Waals surface area contributed by atoms with Crippen molar-refractivity contribution in [3.8, 4) is 0 Å². The average molecular weight is 512 g/mol. The number of hydrogen-bond donors (Lipinski definition) is 6. The van der Waals surface area contributed by atoms with Gasteiger partial charge in [0, 0.05) is 24.5 Å². The first-order valence-electron chi connectivity index (χ1n) is 10.1. The van der Waals surface area contributed by atoms with E-state index < -0.39 is 27.7 Å². The molecule has 2 aromatic carbocycles. The fourth-order valence-corrected chi connectivity index (χ4v) is 4.24. The summed E-state index contributed by atoms with van der Waals surface area (Å²) >= 11 is 5.54. The molecule has 0 bridgehead atoms. The number of sulfonamides is 1. The van der Waals surface area contributed by atoms with Crippen molar-refractivity contribution in [1.82, 2.24) is 10.7 Å². The van der Waals surface area contributed by atoms with Crippen LogP contribution in [-0.4, -0.2) is 50.3 Å². The summed E-state index contributed by atoms with van der Waals surface area (Å²) < 4.78 is 28.3. The minimum atomic E-state index is -3.98. The van der Waals surface area contributed by atoms with Crippen LogP contribution in [0.15, 0.2) is 41.3 Å². The molecule has 0 saturated heterocycles. The van der Waals surface area contributed by atoms with Crippen LogP contribution in [0.5, 0.6) is 0 Å². The van der Waals surface area contributed by atoms with Gasteiger partial charge in [-0.3, -0.25) is 30.0 Å². The summed E-state index contributed by atoms with van der Waals surface area (Å²) in [5.41, 5.74) is 6.85. The van der Waals surface area contributed by atoms with Gasteiger partial charge in [0.25, 0.3) is 10.0 Å². The van der Waals surface area contributed by atoms with Crippen molar-refractivity contribution in [1.29, 1.82) is 0 Å². The molecule has 0 saturated carbocycles. The minimum Gasteiger partial charge on any atom is -0.396 e. The number of amides is 3. The Morgan fingerprint density at radius 3 is 2.24 bits per heavy atom.